The summed E-state index contributed by atoms with van der Waals surface area (Å²) in [5, 5.41) is 11.8. The number of hydrogen-bond donors (Lipinski definition) is 1. The van der Waals surface area contributed by atoms with Gasteiger partial charge in [0.15, 0.2) is 0 Å². The van der Waals surface area contributed by atoms with Crippen LogP contribution in [0.25, 0.3) is 6.08 Å². The predicted octanol–water partition coefficient (Wildman–Crippen LogP) is 3.41. The first-order valence-electron chi connectivity index (χ1n) is 7.39. The minimum atomic E-state index is -0.651. The Balaban J connectivity index is 2.09. The van der Waals surface area contributed by atoms with Crippen LogP contribution in [0.2, 0.25) is 0 Å². The Bertz CT molecular complexity index is 788. The van der Waals surface area contributed by atoms with Gasteiger partial charge in [0, 0.05) is 11.3 Å². The molecule has 0 aromatic heterocycles. The second-order valence-electron chi connectivity index (χ2n) is 4.83. The van der Waals surface area contributed by atoms with Crippen molar-refractivity contribution in [2.24, 2.45) is 0 Å². The van der Waals surface area contributed by atoms with Gasteiger partial charge in [-0.2, -0.15) is 5.26 Å². The summed E-state index contributed by atoms with van der Waals surface area (Å²) in [7, 11) is 0. The van der Waals surface area contributed by atoms with E-state index in [1.54, 1.807) is 55.5 Å². The first kappa shape index (κ1) is 17.0. The molecule has 0 atom stereocenters. The van der Waals surface area contributed by atoms with Crippen molar-refractivity contribution in [2.75, 3.05) is 11.9 Å². The van der Waals surface area contributed by atoms with Crippen LogP contribution in [0.4, 0.5) is 5.69 Å². The van der Waals surface area contributed by atoms with Crippen LogP contribution in [-0.2, 0) is 9.53 Å². The van der Waals surface area contributed by atoms with E-state index in [1.807, 2.05) is 12.1 Å². The Morgan fingerprint density at radius 3 is 2.38 bits per heavy atom. The lowest BCUT2D eigenvalue weighted by atomic mass is 10.1. The number of nitrogens with zero attached hydrogens (tertiary/aromatic N) is 1. The number of esters is 1. The van der Waals surface area contributed by atoms with Gasteiger partial charge < -0.3 is 10.1 Å². The molecular formula is C19H16N2O3. The largest absolute Gasteiger partial charge is 0.462 e. The highest BCUT2D eigenvalue weighted by molar-refractivity contribution is 6.04. The average molecular weight is 320 g/mol. The minimum absolute atomic E-state index is 0.0714. The standard InChI is InChI=1S/C19H16N2O3/c1-2-24-19(23)16(13-20)12-14-8-10-17(11-9-14)21-18(22)15-6-4-3-5-7-15/h3-12H,2H2,1H3,(H,21,22)/b16-12+. The fraction of sp³-hybridized carbons (Fsp3) is 0.105. The first-order chi connectivity index (χ1) is 11.6. The second-order valence-corrected chi connectivity index (χ2v) is 4.83. The molecule has 120 valence electrons. The van der Waals surface area contributed by atoms with E-state index in [0.717, 1.165) is 0 Å². The molecular weight excluding hydrogens is 304 g/mol. The number of amides is 1. The molecule has 5 heteroatoms. The third kappa shape index (κ3) is 4.55. The normalized spacial score (nSPS) is 10.6. The Labute approximate surface area is 140 Å². The topological polar surface area (TPSA) is 79.2 Å². The van der Waals surface area contributed by atoms with E-state index in [2.05, 4.69) is 5.32 Å². The molecule has 1 amide bonds. The van der Waals surface area contributed by atoms with E-state index in [4.69, 9.17) is 10.00 Å². The average Bonchev–Trinajstić information content (AvgIpc) is 2.62. The number of carbonyl (C=O) groups excluding carboxylic acids is 2. The summed E-state index contributed by atoms with van der Waals surface area (Å²) in [4.78, 5) is 23.6. The van der Waals surface area contributed by atoms with Crippen LogP contribution in [0.3, 0.4) is 0 Å². The number of anilines is 1. The van der Waals surface area contributed by atoms with Crippen molar-refractivity contribution in [3.63, 3.8) is 0 Å². The van der Waals surface area contributed by atoms with Gasteiger partial charge in [0.2, 0.25) is 0 Å². The third-order valence-corrected chi connectivity index (χ3v) is 3.13. The van der Waals surface area contributed by atoms with Gasteiger partial charge in [0.25, 0.3) is 5.91 Å². The number of rotatable bonds is 5. The van der Waals surface area contributed by atoms with Gasteiger partial charge >= 0.3 is 5.97 Å². The van der Waals surface area contributed by atoms with Crippen molar-refractivity contribution in [2.45, 2.75) is 6.92 Å². The van der Waals surface area contributed by atoms with Crippen LogP contribution >= 0.6 is 0 Å². The van der Waals surface area contributed by atoms with Gasteiger partial charge in [-0.3, -0.25) is 4.79 Å². The Morgan fingerprint density at radius 2 is 1.79 bits per heavy atom. The summed E-state index contributed by atoms with van der Waals surface area (Å²) in [6.45, 7) is 1.89. The summed E-state index contributed by atoms with van der Waals surface area (Å²) in [5.74, 6) is -0.857. The molecule has 0 unspecified atom stereocenters. The van der Waals surface area contributed by atoms with Crippen LogP contribution in [0.15, 0.2) is 60.2 Å². The molecule has 0 fully saturated rings. The van der Waals surface area contributed by atoms with Gasteiger partial charge in [0.05, 0.1) is 6.61 Å². The minimum Gasteiger partial charge on any atom is -0.462 e. The Hall–Kier alpha value is -3.39. The Kier molecular flexibility index (Phi) is 5.87. The zero-order valence-corrected chi connectivity index (χ0v) is 13.2. The van der Waals surface area contributed by atoms with Crippen molar-refractivity contribution < 1.29 is 14.3 Å². The second kappa shape index (κ2) is 8.30. The van der Waals surface area contributed by atoms with Crippen LogP contribution < -0.4 is 5.32 Å². The van der Waals surface area contributed by atoms with Crippen molar-refractivity contribution >= 4 is 23.6 Å². The van der Waals surface area contributed by atoms with Crippen molar-refractivity contribution in [1.29, 1.82) is 5.26 Å². The van der Waals surface area contributed by atoms with Crippen LogP contribution in [0.1, 0.15) is 22.8 Å². The fourth-order valence-corrected chi connectivity index (χ4v) is 1.97. The zero-order chi connectivity index (χ0) is 17.4. The summed E-state index contributed by atoms with van der Waals surface area (Å²) < 4.78 is 4.81. The number of benzene rings is 2. The molecule has 2 rings (SSSR count). The van der Waals surface area contributed by atoms with Crippen molar-refractivity contribution in [1.82, 2.24) is 0 Å². The maximum atomic E-state index is 12.1. The molecule has 0 spiro atoms. The Morgan fingerprint density at radius 1 is 1.12 bits per heavy atom. The third-order valence-electron chi connectivity index (χ3n) is 3.13. The van der Waals surface area contributed by atoms with E-state index in [-0.39, 0.29) is 18.1 Å². The number of nitriles is 1. The molecule has 2 aromatic carbocycles. The molecule has 0 saturated heterocycles. The highest BCUT2D eigenvalue weighted by Crippen LogP contribution is 2.14. The van der Waals surface area contributed by atoms with Crippen molar-refractivity contribution in [3.05, 3.63) is 71.3 Å². The molecule has 2 aromatic rings. The van der Waals surface area contributed by atoms with Gasteiger partial charge in [-0.1, -0.05) is 30.3 Å². The number of carbonyl (C=O) groups is 2. The molecule has 0 aliphatic carbocycles. The first-order valence-corrected chi connectivity index (χ1v) is 7.39. The van der Waals surface area contributed by atoms with E-state index >= 15 is 0 Å². The lowest BCUT2D eigenvalue weighted by Crippen LogP contribution is -2.11. The maximum Gasteiger partial charge on any atom is 0.348 e. The maximum absolute atomic E-state index is 12.1. The molecule has 0 aliphatic heterocycles. The molecule has 1 N–H and O–H groups in total. The predicted molar refractivity (Wildman–Crippen MR) is 91.1 cm³/mol. The highest BCUT2D eigenvalue weighted by Gasteiger charge is 2.10. The number of hydrogen-bond acceptors (Lipinski definition) is 4. The van der Waals surface area contributed by atoms with Gasteiger partial charge in [-0.25, -0.2) is 4.79 Å². The monoisotopic (exact) mass is 320 g/mol. The smallest absolute Gasteiger partial charge is 0.348 e. The zero-order valence-electron chi connectivity index (χ0n) is 13.2. The summed E-state index contributed by atoms with van der Waals surface area (Å²) in [6, 6.07) is 17.5. The molecule has 0 aliphatic rings. The highest BCUT2D eigenvalue weighted by atomic mass is 16.5. The van der Waals surface area contributed by atoms with E-state index in [0.29, 0.717) is 16.8 Å². The van der Waals surface area contributed by atoms with Crippen LogP contribution in [0.5, 0.6) is 0 Å². The quantitative estimate of drug-likeness (QED) is 0.520. The SMILES string of the molecule is CCOC(=O)/C(C#N)=C/c1ccc(NC(=O)c2ccccc2)cc1. The summed E-state index contributed by atoms with van der Waals surface area (Å²) >= 11 is 0. The van der Waals surface area contributed by atoms with Gasteiger partial charge in [0.1, 0.15) is 11.6 Å². The molecule has 5 nitrogen and oxygen atoms in total. The van der Waals surface area contributed by atoms with E-state index in [1.165, 1.54) is 6.08 Å². The van der Waals surface area contributed by atoms with Gasteiger partial charge in [-0.15, -0.1) is 0 Å². The summed E-state index contributed by atoms with van der Waals surface area (Å²) in [6.07, 6.45) is 1.45. The number of nitrogens with one attached hydrogen (secondary N) is 1. The number of ether oxygens (including phenoxy) is 1. The molecule has 0 saturated carbocycles. The fourth-order valence-electron chi connectivity index (χ4n) is 1.97. The lowest BCUT2D eigenvalue weighted by Gasteiger charge is -2.05. The van der Waals surface area contributed by atoms with Crippen LogP contribution in [-0.4, -0.2) is 18.5 Å². The molecule has 0 radical (unpaired) electrons. The van der Waals surface area contributed by atoms with Gasteiger partial charge in [-0.05, 0) is 42.8 Å². The van der Waals surface area contributed by atoms with E-state index < -0.39 is 5.97 Å². The van der Waals surface area contributed by atoms with Crippen LogP contribution in [0, 0.1) is 11.3 Å². The lowest BCUT2D eigenvalue weighted by molar-refractivity contribution is -0.137. The van der Waals surface area contributed by atoms with E-state index in [9.17, 15) is 9.59 Å². The molecule has 0 bridgehead atoms. The molecule has 24 heavy (non-hydrogen) atoms. The molecule has 0 heterocycles. The van der Waals surface area contributed by atoms with Crippen molar-refractivity contribution in [3.8, 4) is 6.07 Å². The summed E-state index contributed by atoms with van der Waals surface area (Å²) in [5.41, 5.74) is 1.78.